The summed E-state index contributed by atoms with van der Waals surface area (Å²) in [7, 11) is 1.30. The van der Waals surface area contributed by atoms with Crippen LogP contribution in [0.4, 0.5) is 13.2 Å². The number of pyridine rings is 1. The Labute approximate surface area is 130 Å². The predicted molar refractivity (Wildman–Crippen MR) is 79.8 cm³/mol. The lowest BCUT2D eigenvalue weighted by Crippen LogP contribution is -2.05. The number of fused-ring (bicyclic) bond motifs is 1. The molecule has 1 heterocycles. The van der Waals surface area contributed by atoms with Gasteiger partial charge < -0.3 is 9.47 Å². The van der Waals surface area contributed by atoms with Crippen molar-refractivity contribution in [1.82, 2.24) is 4.98 Å². The van der Waals surface area contributed by atoms with E-state index in [2.05, 4.69) is 4.98 Å². The Morgan fingerprint density at radius 2 is 1.65 bits per heavy atom. The molecule has 0 aliphatic heterocycles. The molecule has 0 amide bonds. The van der Waals surface area contributed by atoms with Crippen LogP contribution in [0.1, 0.15) is 5.56 Å². The van der Waals surface area contributed by atoms with Crippen molar-refractivity contribution >= 4 is 10.9 Å². The van der Waals surface area contributed by atoms with Gasteiger partial charge in [0.1, 0.15) is 11.5 Å². The SMILES string of the molecule is COc1cc(Oc2ccc3ccccc3n2)cc(C(F)(F)F)c1. The molecular weight excluding hydrogens is 307 g/mol. The van der Waals surface area contributed by atoms with E-state index in [1.54, 1.807) is 18.2 Å². The number of nitrogens with zero attached hydrogens (tertiary/aromatic N) is 1. The van der Waals surface area contributed by atoms with Crippen LogP contribution in [-0.2, 0) is 6.18 Å². The van der Waals surface area contributed by atoms with Crippen LogP contribution >= 0.6 is 0 Å². The van der Waals surface area contributed by atoms with Gasteiger partial charge in [0.05, 0.1) is 18.2 Å². The zero-order chi connectivity index (χ0) is 16.4. The number of methoxy groups -OCH3 is 1. The summed E-state index contributed by atoms with van der Waals surface area (Å²) < 4.78 is 49.1. The van der Waals surface area contributed by atoms with E-state index in [0.717, 1.165) is 17.5 Å². The van der Waals surface area contributed by atoms with Gasteiger partial charge >= 0.3 is 6.18 Å². The minimum Gasteiger partial charge on any atom is -0.497 e. The molecule has 118 valence electrons. The highest BCUT2D eigenvalue weighted by molar-refractivity contribution is 5.78. The molecule has 3 nitrogen and oxygen atoms in total. The van der Waals surface area contributed by atoms with Gasteiger partial charge in [-0.15, -0.1) is 0 Å². The third kappa shape index (κ3) is 3.36. The van der Waals surface area contributed by atoms with Crippen LogP contribution in [0.5, 0.6) is 17.4 Å². The number of ether oxygens (including phenoxy) is 2. The summed E-state index contributed by atoms with van der Waals surface area (Å²) >= 11 is 0. The highest BCUT2D eigenvalue weighted by Gasteiger charge is 2.31. The van der Waals surface area contributed by atoms with Gasteiger partial charge in [0, 0.05) is 17.5 Å². The predicted octanol–water partition coefficient (Wildman–Crippen LogP) is 5.05. The summed E-state index contributed by atoms with van der Waals surface area (Å²) in [6.07, 6.45) is -4.48. The van der Waals surface area contributed by atoms with Crippen molar-refractivity contribution in [3.05, 3.63) is 60.2 Å². The minimum atomic E-state index is -4.48. The Morgan fingerprint density at radius 1 is 0.913 bits per heavy atom. The molecule has 0 N–H and O–H groups in total. The standard InChI is InChI=1S/C17H12F3NO2/c1-22-13-8-12(17(18,19)20)9-14(10-13)23-16-7-6-11-4-2-3-5-15(11)21-16/h2-10H,1H3. The molecule has 1 aromatic heterocycles. The van der Waals surface area contributed by atoms with Crippen LogP contribution in [0, 0.1) is 0 Å². The molecule has 0 radical (unpaired) electrons. The summed E-state index contributed by atoms with van der Waals surface area (Å²) in [5.74, 6) is 0.292. The molecule has 3 aromatic rings. The van der Waals surface area contributed by atoms with Crippen molar-refractivity contribution in [1.29, 1.82) is 0 Å². The number of rotatable bonds is 3. The van der Waals surface area contributed by atoms with E-state index in [1.165, 1.54) is 13.2 Å². The van der Waals surface area contributed by atoms with Crippen molar-refractivity contribution < 1.29 is 22.6 Å². The normalized spacial score (nSPS) is 11.5. The first-order valence-electron chi connectivity index (χ1n) is 6.75. The van der Waals surface area contributed by atoms with Crippen LogP contribution < -0.4 is 9.47 Å². The maximum absolute atomic E-state index is 12.9. The van der Waals surface area contributed by atoms with Crippen molar-refractivity contribution in [2.45, 2.75) is 6.18 Å². The van der Waals surface area contributed by atoms with Crippen molar-refractivity contribution in [2.75, 3.05) is 7.11 Å². The second-order valence-corrected chi connectivity index (χ2v) is 4.84. The second kappa shape index (κ2) is 5.79. The van der Waals surface area contributed by atoms with E-state index in [1.807, 2.05) is 18.2 Å². The summed E-state index contributed by atoms with van der Waals surface area (Å²) in [4.78, 5) is 4.27. The van der Waals surface area contributed by atoms with Gasteiger partial charge in [0.2, 0.25) is 5.88 Å². The van der Waals surface area contributed by atoms with Crippen molar-refractivity contribution in [3.63, 3.8) is 0 Å². The Hall–Kier alpha value is -2.76. The quantitative estimate of drug-likeness (QED) is 0.676. The van der Waals surface area contributed by atoms with Gasteiger partial charge in [-0.05, 0) is 24.3 Å². The second-order valence-electron chi connectivity index (χ2n) is 4.84. The fraction of sp³-hybridized carbons (Fsp3) is 0.118. The average Bonchev–Trinajstić information content (AvgIpc) is 2.53. The largest absolute Gasteiger partial charge is 0.497 e. The van der Waals surface area contributed by atoms with Crippen LogP contribution in [0.25, 0.3) is 10.9 Å². The van der Waals surface area contributed by atoms with E-state index in [0.29, 0.717) is 5.52 Å². The number of hydrogen-bond donors (Lipinski definition) is 0. The first-order chi connectivity index (χ1) is 11.0. The average molecular weight is 319 g/mol. The summed E-state index contributed by atoms with van der Waals surface area (Å²) in [5, 5.41) is 0.918. The van der Waals surface area contributed by atoms with Gasteiger partial charge in [-0.1, -0.05) is 18.2 Å². The molecular formula is C17H12F3NO2. The fourth-order valence-electron chi connectivity index (χ4n) is 2.14. The smallest absolute Gasteiger partial charge is 0.416 e. The van der Waals surface area contributed by atoms with Gasteiger partial charge in [-0.2, -0.15) is 13.2 Å². The molecule has 0 saturated carbocycles. The van der Waals surface area contributed by atoms with Gasteiger partial charge in [0.25, 0.3) is 0 Å². The molecule has 0 spiro atoms. The Morgan fingerprint density at radius 3 is 2.39 bits per heavy atom. The van der Waals surface area contributed by atoms with Gasteiger partial charge in [-0.25, -0.2) is 4.98 Å². The summed E-state index contributed by atoms with van der Waals surface area (Å²) in [5.41, 5.74) is -0.142. The van der Waals surface area contributed by atoms with Crippen LogP contribution in [0.3, 0.4) is 0 Å². The first kappa shape index (κ1) is 15.1. The van der Waals surface area contributed by atoms with Gasteiger partial charge in [0.15, 0.2) is 0 Å². The molecule has 2 aromatic carbocycles. The molecule has 0 aliphatic carbocycles. The number of para-hydroxylation sites is 1. The molecule has 6 heteroatoms. The van der Waals surface area contributed by atoms with E-state index < -0.39 is 11.7 Å². The third-order valence-corrected chi connectivity index (χ3v) is 3.24. The number of halogens is 3. The highest BCUT2D eigenvalue weighted by atomic mass is 19.4. The van der Waals surface area contributed by atoms with E-state index in [4.69, 9.17) is 9.47 Å². The maximum Gasteiger partial charge on any atom is 0.416 e. The topological polar surface area (TPSA) is 31.4 Å². The Bertz CT molecular complexity index is 847. The molecule has 0 aliphatic rings. The van der Waals surface area contributed by atoms with Crippen LogP contribution in [-0.4, -0.2) is 12.1 Å². The van der Waals surface area contributed by atoms with Gasteiger partial charge in [-0.3, -0.25) is 0 Å². The molecule has 0 bridgehead atoms. The van der Waals surface area contributed by atoms with E-state index >= 15 is 0 Å². The third-order valence-electron chi connectivity index (χ3n) is 3.24. The van der Waals surface area contributed by atoms with Crippen LogP contribution in [0.2, 0.25) is 0 Å². The minimum absolute atomic E-state index is 0.0134. The highest BCUT2D eigenvalue weighted by Crippen LogP contribution is 2.36. The number of aromatic nitrogens is 1. The lowest BCUT2D eigenvalue weighted by Gasteiger charge is -2.12. The Kier molecular flexibility index (Phi) is 3.82. The lowest BCUT2D eigenvalue weighted by atomic mass is 10.2. The number of benzene rings is 2. The molecule has 0 fully saturated rings. The molecule has 3 rings (SSSR count). The first-order valence-corrected chi connectivity index (χ1v) is 6.75. The monoisotopic (exact) mass is 319 g/mol. The molecule has 0 saturated heterocycles. The fourth-order valence-corrected chi connectivity index (χ4v) is 2.14. The summed E-state index contributed by atoms with van der Waals surface area (Å²) in [6.45, 7) is 0. The number of hydrogen-bond acceptors (Lipinski definition) is 3. The van der Waals surface area contributed by atoms with E-state index in [-0.39, 0.29) is 17.4 Å². The Balaban J connectivity index is 1.97. The molecule has 0 atom stereocenters. The van der Waals surface area contributed by atoms with Crippen molar-refractivity contribution in [2.24, 2.45) is 0 Å². The summed E-state index contributed by atoms with van der Waals surface area (Å²) in [6, 6.07) is 14.0. The zero-order valence-electron chi connectivity index (χ0n) is 12.1. The van der Waals surface area contributed by atoms with Crippen molar-refractivity contribution in [3.8, 4) is 17.4 Å². The van der Waals surface area contributed by atoms with E-state index in [9.17, 15) is 13.2 Å². The lowest BCUT2D eigenvalue weighted by molar-refractivity contribution is -0.137. The zero-order valence-corrected chi connectivity index (χ0v) is 12.1. The molecule has 23 heavy (non-hydrogen) atoms. The van der Waals surface area contributed by atoms with Crippen LogP contribution in [0.15, 0.2) is 54.6 Å². The molecule has 0 unspecified atom stereocenters. The maximum atomic E-state index is 12.9. The number of alkyl halides is 3.